The molecule has 2 heterocycles. The fourth-order valence-electron chi connectivity index (χ4n) is 3.47. The molecule has 1 aromatic carbocycles. The molecule has 2 aliphatic rings. The average molecular weight is 309 g/mol. The first-order valence-corrected chi connectivity index (χ1v) is 9.03. The highest BCUT2D eigenvalue weighted by molar-refractivity contribution is 7.99. The van der Waals surface area contributed by atoms with Gasteiger partial charge in [0.1, 0.15) is 5.82 Å². The number of halogens is 1. The van der Waals surface area contributed by atoms with E-state index in [0.717, 1.165) is 31.6 Å². The van der Waals surface area contributed by atoms with Crippen molar-refractivity contribution < 1.29 is 9.13 Å². The number of hydrogen-bond donors (Lipinski definition) is 1. The van der Waals surface area contributed by atoms with E-state index < -0.39 is 0 Å². The molecule has 0 bridgehead atoms. The van der Waals surface area contributed by atoms with Crippen LogP contribution in [0.5, 0.6) is 0 Å². The molecule has 1 aromatic rings. The number of nitrogens with one attached hydrogen (secondary N) is 1. The highest BCUT2D eigenvalue weighted by Crippen LogP contribution is 2.38. The molecule has 2 aliphatic heterocycles. The van der Waals surface area contributed by atoms with E-state index in [0.29, 0.717) is 12.1 Å². The van der Waals surface area contributed by atoms with E-state index in [9.17, 15) is 4.39 Å². The van der Waals surface area contributed by atoms with Crippen LogP contribution in [-0.2, 0) is 11.2 Å². The molecule has 1 N–H and O–H groups in total. The normalized spacial score (nSPS) is 30.7. The number of thioether (sulfide) groups is 1. The SMILES string of the molecule is CC(Cc1ccc(F)cc1)NC1CCOC2(CCSC2)C1. The number of hydrogen-bond acceptors (Lipinski definition) is 3. The molecule has 0 aromatic heterocycles. The van der Waals surface area contributed by atoms with Gasteiger partial charge in [-0.25, -0.2) is 4.39 Å². The molecular weight excluding hydrogens is 285 g/mol. The van der Waals surface area contributed by atoms with Crippen LogP contribution in [0.3, 0.4) is 0 Å². The van der Waals surface area contributed by atoms with Gasteiger partial charge in [-0.1, -0.05) is 12.1 Å². The van der Waals surface area contributed by atoms with Gasteiger partial charge in [0, 0.05) is 24.4 Å². The summed E-state index contributed by atoms with van der Waals surface area (Å²) in [6.45, 7) is 3.09. The minimum absolute atomic E-state index is 0.135. The molecule has 116 valence electrons. The summed E-state index contributed by atoms with van der Waals surface area (Å²) in [5, 5.41) is 3.75. The summed E-state index contributed by atoms with van der Waals surface area (Å²) in [5.74, 6) is 2.22. The summed E-state index contributed by atoms with van der Waals surface area (Å²) in [6, 6.07) is 7.80. The maximum Gasteiger partial charge on any atom is 0.123 e. The predicted octanol–water partition coefficient (Wildman–Crippen LogP) is 3.40. The van der Waals surface area contributed by atoms with E-state index in [1.54, 1.807) is 12.1 Å². The summed E-state index contributed by atoms with van der Waals surface area (Å²) in [5.41, 5.74) is 1.32. The Bertz CT molecular complexity index is 458. The molecule has 0 amide bonds. The number of rotatable bonds is 4. The summed E-state index contributed by atoms with van der Waals surface area (Å²) < 4.78 is 19.0. The number of ether oxygens (including phenoxy) is 1. The standard InChI is InChI=1S/C17H24FNOS/c1-13(10-14-2-4-15(18)5-3-14)19-16-6-8-20-17(11-16)7-9-21-12-17/h2-5,13,16,19H,6-12H2,1H3. The van der Waals surface area contributed by atoms with Gasteiger partial charge in [-0.3, -0.25) is 0 Å². The molecule has 2 nitrogen and oxygen atoms in total. The molecule has 21 heavy (non-hydrogen) atoms. The summed E-state index contributed by atoms with van der Waals surface area (Å²) in [7, 11) is 0. The Balaban J connectivity index is 1.52. The molecule has 3 rings (SSSR count). The minimum Gasteiger partial charge on any atom is -0.374 e. The van der Waals surface area contributed by atoms with Crippen molar-refractivity contribution in [3.05, 3.63) is 35.6 Å². The largest absolute Gasteiger partial charge is 0.374 e. The van der Waals surface area contributed by atoms with Crippen LogP contribution in [0.4, 0.5) is 4.39 Å². The van der Waals surface area contributed by atoms with Crippen molar-refractivity contribution in [2.75, 3.05) is 18.1 Å². The lowest BCUT2D eigenvalue weighted by Gasteiger charge is -2.39. The third-order valence-corrected chi connectivity index (χ3v) is 5.76. The maximum atomic E-state index is 12.9. The van der Waals surface area contributed by atoms with Crippen molar-refractivity contribution in [2.45, 2.75) is 50.3 Å². The topological polar surface area (TPSA) is 21.3 Å². The average Bonchev–Trinajstić information content (AvgIpc) is 2.89. The van der Waals surface area contributed by atoms with Crippen LogP contribution in [0.15, 0.2) is 24.3 Å². The molecule has 1 spiro atoms. The van der Waals surface area contributed by atoms with Gasteiger partial charge in [0.2, 0.25) is 0 Å². The maximum absolute atomic E-state index is 12.9. The van der Waals surface area contributed by atoms with Gasteiger partial charge < -0.3 is 10.1 Å². The van der Waals surface area contributed by atoms with E-state index in [1.807, 2.05) is 23.9 Å². The van der Waals surface area contributed by atoms with Crippen molar-refractivity contribution in [1.29, 1.82) is 0 Å². The number of benzene rings is 1. The van der Waals surface area contributed by atoms with Crippen LogP contribution in [0, 0.1) is 5.82 Å². The first kappa shape index (κ1) is 15.3. The van der Waals surface area contributed by atoms with Crippen LogP contribution in [-0.4, -0.2) is 35.8 Å². The second kappa shape index (κ2) is 6.67. The van der Waals surface area contributed by atoms with Crippen molar-refractivity contribution in [1.82, 2.24) is 5.32 Å². The smallest absolute Gasteiger partial charge is 0.123 e. The third-order valence-electron chi connectivity index (χ3n) is 4.54. The zero-order valence-corrected chi connectivity index (χ0v) is 13.4. The second-order valence-electron chi connectivity index (χ2n) is 6.42. The van der Waals surface area contributed by atoms with Gasteiger partial charge >= 0.3 is 0 Å². The van der Waals surface area contributed by atoms with Gasteiger partial charge in [0.15, 0.2) is 0 Å². The lowest BCUT2D eigenvalue weighted by atomic mass is 9.89. The Morgan fingerprint density at radius 3 is 2.95 bits per heavy atom. The molecule has 0 aliphatic carbocycles. The molecule has 2 fully saturated rings. The molecule has 0 radical (unpaired) electrons. The quantitative estimate of drug-likeness (QED) is 0.921. The predicted molar refractivity (Wildman–Crippen MR) is 86.3 cm³/mol. The third kappa shape index (κ3) is 3.99. The highest BCUT2D eigenvalue weighted by Gasteiger charge is 2.40. The summed E-state index contributed by atoms with van der Waals surface area (Å²) >= 11 is 2.02. The van der Waals surface area contributed by atoms with Crippen molar-refractivity contribution in [3.8, 4) is 0 Å². The van der Waals surface area contributed by atoms with Crippen molar-refractivity contribution in [2.24, 2.45) is 0 Å². The van der Waals surface area contributed by atoms with E-state index in [-0.39, 0.29) is 11.4 Å². The Hall–Kier alpha value is -0.580. The van der Waals surface area contributed by atoms with Gasteiger partial charge in [0.05, 0.1) is 5.60 Å². The lowest BCUT2D eigenvalue weighted by molar-refractivity contribution is -0.0711. The Labute approximate surface area is 130 Å². The molecular formula is C17H24FNOS. The van der Waals surface area contributed by atoms with Crippen molar-refractivity contribution in [3.63, 3.8) is 0 Å². The van der Waals surface area contributed by atoms with Crippen LogP contribution < -0.4 is 5.32 Å². The van der Waals surface area contributed by atoms with Crippen molar-refractivity contribution >= 4 is 11.8 Å². The zero-order valence-electron chi connectivity index (χ0n) is 12.6. The van der Waals surface area contributed by atoms with Crippen LogP contribution in [0.2, 0.25) is 0 Å². The van der Waals surface area contributed by atoms with E-state index in [2.05, 4.69) is 12.2 Å². The molecule has 0 saturated carbocycles. The van der Waals surface area contributed by atoms with E-state index >= 15 is 0 Å². The molecule has 2 saturated heterocycles. The fourth-order valence-corrected chi connectivity index (χ4v) is 4.85. The zero-order chi connectivity index (χ0) is 14.7. The summed E-state index contributed by atoms with van der Waals surface area (Å²) in [6.07, 6.45) is 4.37. The molecule has 4 heteroatoms. The van der Waals surface area contributed by atoms with E-state index in [4.69, 9.17) is 4.74 Å². The Morgan fingerprint density at radius 2 is 2.24 bits per heavy atom. The second-order valence-corrected chi connectivity index (χ2v) is 7.53. The minimum atomic E-state index is -0.163. The molecule has 3 atom stereocenters. The van der Waals surface area contributed by atoms with Crippen LogP contribution >= 0.6 is 11.8 Å². The van der Waals surface area contributed by atoms with E-state index in [1.165, 1.54) is 17.7 Å². The highest BCUT2D eigenvalue weighted by atomic mass is 32.2. The first-order chi connectivity index (χ1) is 10.2. The van der Waals surface area contributed by atoms with Gasteiger partial charge in [-0.15, -0.1) is 0 Å². The van der Waals surface area contributed by atoms with Gasteiger partial charge in [-0.05, 0) is 56.1 Å². The Kier molecular flexibility index (Phi) is 4.87. The Morgan fingerprint density at radius 1 is 1.43 bits per heavy atom. The fraction of sp³-hybridized carbons (Fsp3) is 0.647. The van der Waals surface area contributed by atoms with Crippen LogP contribution in [0.1, 0.15) is 31.7 Å². The van der Waals surface area contributed by atoms with Gasteiger partial charge in [0.25, 0.3) is 0 Å². The molecule has 3 unspecified atom stereocenters. The van der Waals surface area contributed by atoms with Gasteiger partial charge in [-0.2, -0.15) is 11.8 Å². The monoisotopic (exact) mass is 309 g/mol. The lowest BCUT2D eigenvalue weighted by Crippen LogP contribution is -2.49. The van der Waals surface area contributed by atoms with Crippen LogP contribution in [0.25, 0.3) is 0 Å². The first-order valence-electron chi connectivity index (χ1n) is 7.87. The summed E-state index contributed by atoms with van der Waals surface area (Å²) in [4.78, 5) is 0.